The number of hydrogen-bond acceptors (Lipinski definition) is 3. The lowest BCUT2D eigenvalue weighted by Gasteiger charge is -2.09. The number of hydrogen-bond donors (Lipinski definition) is 2. The molecule has 8 heteroatoms. The van der Waals surface area contributed by atoms with Crippen LogP contribution in [-0.4, -0.2) is 20.6 Å². The maximum absolute atomic E-state index is 12.4. The number of nitrogens with zero attached hydrogens (tertiary/aromatic N) is 3. The van der Waals surface area contributed by atoms with Crippen LogP contribution in [0, 0.1) is 0 Å². The first-order valence-electron chi connectivity index (χ1n) is 5.57. The third-order valence-electron chi connectivity index (χ3n) is 2.69. The highest BCUT2D eigenvalue weighted by molar-refractivity contribution is 5.93. The van der Waals surface area contributed by atoms with Crippen LogP contribution >= 0.6 is 0 Å². The van der Waals surface area contributed by atoms with E-state index in [1.54, 1.807) is 10.8 Å². The zero-order chi connectivity index (χ0) is 14.8. The van der Waals surface area contributed by atoms with Crippen LogP contribution in [0.15, 0.2) is 41.8 Å². The summed E-state index contributed by atoms with van der Waals surface area (Å²) < 4.78 is 38.9. The van der Waals surface area contributed by atoms with Crippen LogP contribution in [0.1, 0.15) is 17.0 Å². The van der Waals surface area contributed by atoms with Gasteiger partial charge in [0.2, 0.25) is 5.84 Å². The molecule has 0 fully saturated rings. The van der Waals surface area contributed by atoms with Gasteiger partial charge in [0.25, 0.3) is 0 Å². The van der Waals surface area contributed by atoms with Gasteiger partial charge in [-0.15, -0.1) is 0 Å². The van der Waals surface area contributed by atoms with Gasteiger partial charge < -0.3 is 15.5 Å². The van der Waals surface area contributed by atoms with Gasteiger partial charge in [-0.1, -0.05) is 17.3 Å². The van der Waals surface area contributed by atoms with Crippen molar-refractivity contribution in [2.45, 2.75) is 12.7 Å². The van der Waals surface area contributed by atoms with E-state index in [0.717, 1.165) is 12.1 Å². The summed E-state index contributed by atoms with van der Waals surface area (Å²) in [5, 5.41) is 11.4. The Morgan fingerprint density at radius 3 is 2.50 bits per heavy atom. The number of imidazole rings is 1. The molecule has 0 amide bonds. The molecule has 5 nitrogen and oxygen atoms in total. The number of rotatable bonds is 3. The van der Waals surface area contributed by atoms with E-state index in [1.165, 1.54) is 18.3 Å². The van der Waals surface area contributed by atoms with E-state index in [-0.39, 0.29) is 18.2 Å². The third kappa shape index (κ3) is 2.90. The van der Waals surface area contributed by atoms with E-state index >= 15 is 0 Å². The Balaban J connectivity index is 2.21. The van der Waals surface area contributed by atoms with Crippen molar-refractivity contribution in [3.8, 4) is 0 Å². The minimum atomic E-state index is -4.35. The second-order valence-electron chi connectivity index (χ2n) is 4.06. The molecule has 0 saturated heterocycles. The molecule has 1 aromatic heterocycles. The van der Waals surface area contributed by atoms with Crippen molar-refractivity contribution in [1.82, 2.24) is 9.55 Å². The van der Waals surface area contributed by atoms with Gasteiger partial charge in [0.05, 0.1) is 5.56 Å². The number of nitrogens with two attached hydrogens (primary N) is 1. The minimum Gasteiger partial charge on any atom is -0.409 e. The predicted molar refractivity (Wildman–Crippen MR) is 65.3 cm³/mol. The van der Waals surface area contributed by atoms with E-state index in [1.807, 2.05) is 0 Å². The van der Waals surface area contributed by atoms with Gasteiger partial charge >= 0.3 is 6.18 Å². The van der Waals surface area contributed by atoms with Crippen molar-refractivity contribution in [2.24, 2.45) is 10.9 Å². The summed E-state index contributed by atoms with van der Waals surface area (Å²) in [7, 11) is 0. The maximum Gasteiger partial charge on any atom is 0.416 e. The standard InChI is InChI=1S/C12H11F3N4O/c13-12(14,15)9-3-1-8(2-4-9)7-19-6-5-17-11(19)10(16)18-20/h1-6,20H,7H2,(H2,16,18). The van der Waals surface area contributed by atoms with Crippen LogP contribution in [0.25, 0.3) is 0 Å². The summed E-state index contributed by atoms with van der Waals surface area (Å²) in [6.45, 7) is 0.268. The molecule has 1 heterocycles. The average Bonchev–Trinajstić information content (AvgIpc) is 2.85. The second-order valence-corrected chi connectivity index (χ2v) is 4.06. The van der Waals surface area contributed by atoms with Crippen LogP contribution in [0.5, 0.6) is 0 Å². The first-order chi connectivity index (χ1) is 9.41. The SMILES string of the molecule is N/C(=N/O)c1nccn1Cc1ccc(C(F)(F)F)cc1. The summed E-state index contributed by atoms with van der Waals surface area (Å²) in [5.74, 6) is 0.0781. The van der Waals surface area contributed by atoms with E-state index in [4.69, 9.17) is 10.9 Å². The van der Waals surface area contributed by atoms with Gasteiger partial charge in [0, 0.05) is 18.9 Å². The topological polar surface area (TPSA) is 76.4 Å². The zero-order valence-electron chi connectivity index (χ0n) is 10.2. The Labute approximate surface area is 112 Å². The molecular weight excluding hydrogens is 273 g/mol. The molecular formula is C12H11F3N4O. The molecule has 0 aliphatic heterocycles. The molecule has 106 valence electrons. The summed E-state index contributed by atoms with van der Waals surface area (Å²) in [5.41, 5.74) is 5.38. The van der Waals surface area contributed by atoms with Crippen molar-refractivity contribution in [1.29, 1.82) is 0 Å². The largest absolute Gasteiger partial charge is 0.416 e. The molecule has 0 aliphatic rings. The van der Waals surface area contributed by atoms with Crippen molar-refractivity contribution in [3.63, 3.8) is 0 Å². The lowest BCUT2D eigenvalue weighted by Crippen LogP contribution is -2.19. The van der Waals surface area contributed by atoms with Crippen LogP contribution < -0.4 is 5.73 Å². The van der Waals surface area contributed by atoms with Gasteiger partial charge in [0.1, 0.15) is 0 Å². The Bertz CT molecular complexity index is 616. The van der Waals surface area contributed by atoms with E-state index in [0.29, 0.717) is 5.56 Å². The van der Waals surface area contributed by atoms with Crippen LogP contribution in [0.4, 0.5) is 13.2 Å². The van der Waals surface area contributed by atoms with Crippen molar-refractivity contribution >= 4 is 5.84 Å². The van der Waals surface area contributed by atoms with Gasteiger partial charge in [0.15, 0.2) is 5.82 Å². The number of oxime groups is 1. The zero-order valence-corrected chi connectivity index (χ0v) is 10.2. The normalized spacial score (nSPS) is 12.7. The Morgan fingerprint density at radius 2 is 1.95 bits per heavy atom. The molecule has 0 bridgehead atoms. The number of benzene rings is 1. The third-order valence-corrected chi connectivity index (χ3v) is 2.69. The number of aromatic nitrogens is 2. The molecule has 2 aromatic rings. The number of amidine groups is 1. The lowest BCUT2D eigenvalue weighted by atomic mass is 10.1. The fourth-order valence-corrected chi connectivity index (χ4v) is 1.71. The molecule has 20 heavy (non-hydrogen) atoms. The Morgan fingerprint density at radius 1 is 1.30 bits per heavy atom. The highest BCUT2D eigenvalue weighted by atomic mass is 19.4. The smallest absolute Gasteiger partial charge is 0.409 e. The molecule has 2 rings (SSSR count). The van der Waals surface area contributed by atoms with Crippen LogP contribution in [0.3, 0.4) is 0 Å². The van der Waals surface area contributed by atoms with Crippen LogP contribution in [0.2, 0.25) is 0 Å². The summed E-state index contributed by atoms with van der Waals surface area (Å²) in [4.78, 5) is 3.91. The van der Waals surface area contributed by atoms with E-state index in [2.05, 4.69) is 10.1 Å². The molecule has 0 atom stereocenters. The molecule has 0 spiro atoms. The molecule has 0 radical (unpaired) electrons. The van der Waals surface area contributed by atoms with Crippen LogP contribution in [-0.2, 0) is 12.7 Å². The van der Waals surface area contributed by atoms with Gasteiger partial charge in [-0.2, -0.15) is 13.2 Å². The van der Waals surface area contributed by atoms with E-state index < -0.39 is 11.7 Å². The van der Waals surface area contributed by atoms with Gasteiger partial charge in [-0.25, -0.2) is 4.98 Å². The Hall–Kier alpha value is -2.51. The maximum atomic E-state index is 12.4. The molecule has 0 aliphatic carbocycles. The van der Waals surface area contributed by atoms with Crippen molar-refractivity contribution < 1.29 is 18.4 Å². The highest BCUT2D eigenvalue weighted by Crippen LogP contribution is 2.29. The monoisotopic (exact) mass is 284 g/mol. The summed E-state index contributed by atoms with van der Waals surface area (Å²) in [6.07, 6.45) is -1.31. The summed E-state index contributed by atoms with van der Waals surface area (Å²) >= 11 is 0. The fourth-order valence-electron chi connectivity index (χ4n) is 1.71. The number of alkyl halides is 3. The minimum absolute atomic E-state index is 0.165. The first kappa shape index (κ1) is 13.9. The predicted octanol–water partition coefficient (Wildman–Crippen LogP) is 2.04. The highest BCUT2D eigenvalue weighted by Gasteiger charge is 2.29. The lowest BCUT2D eigenvalue weighted by molar-refractivity contribution is -0.137. The van der Waals surface area contributed by atoms with Gasteiger partial charge in [-0.05, 0) is 17.7 Å². The van der Waals surface area contributed by atoms with Gasteiger partial charge in [-0.3, -0.25) is 0 Å². The molecule has 1 aromatic carbocycles. The fraction of sp³-hybridized carbons (Fsp3) is 0.167. The molecule has 3 N–H and O–H groups in total. The number of halogens is 3. The molecule has 0 unspecified atom stereocenters. The summed E-state index contributed by atoms with van der Waals surface area (Å²) in [6, 6.07) is 4.77. The second kappa shape index (κ2) is 5.24. The quantitative estimate of drug-likeness (QED) is 0.392. The molecule has 0 saturated carbocycles. The van der Waals surface area contributed by atoms with Crippen molar-refractivity contribution in [3.05, 3.63) is 53.6 Å². The van der Waals surface area contributed by atoms with E-state index in [9.17, 15) is 13.2 Å². The average molecular weight is 284 g/mol. The Kier molecular flexibility index (Phi) is 3.64. The van der Waals surface area contributed by atoms with Crippen molar-refractivity contribution in [2.75, 3.05) is 0 Å². The first-order valence-corrected chi connectivity index (χ1v) is 5.57.